The fourth-order valence-corrected chi connectivity index (χ4v) is 3.16. The van der Waals surface area contributed by atoms with Crippen LogP contribution in [0.1, 0.15) is 11.3 Å². The molecule has 1 N–H and O–H groups in total. The first kappa shape index (κ1) is 20.9. The molecule has 0 saturated carbocycles. The zero-order chi connectivity index (χ0) is 21.0. The number of rotatable bonds is 6. The van der Waals surface area contributed by atoms with Gasteiger partial charge in [-0.2, -0.15) is 5.10 Å². The fraction of sp³-hybridized carbons (Fsp3) is 0.450. The summed E-state index contributed by atoms with van der Waals surface area (Å²) in [5.41, 5.74) is 2.39. The average molecular weight is 403 g/mol. The summed E-state index contributed by atoms with van der Waals surface area (Å²) in [6.45, 7) is 3.54. The van der Waals surface area contributed by atoms with Crippen LogP contribution in [-0.4, -0.2) is 70.8 Å². The summed E-state index contributed by atoms with van der Waals surface area (Å²) in [6, 6.07) is 6.21. The highest BCUT2D eigenvalue weighted by molar-refractivity contribution is 5.95. The third-order valence-electron chi connectivity index (χ3n) is 4.98. The summed E-state index contributed by atoms with van der Waals surface area (Å²) < 4.78 is 20.3. The second-order valence-electron chi connectivity index (χ2n) is 7.25. The van der Waals surface area contributed by atoms with Crippen LogP contribution < -0.4 is 5.32 Å². The number of carbonyl (C=O) groups excluding carboxylic acids is 2. The molecule has 0 radical (unpaired) electrons. The van der Waals surface area contributed by atoms with Gasteiger partial charge >= 0.3 is 0 Å². The lowest BCUT2D eigenvalue weighted by Gasteiger charge is -2.33. The number of ether oxygens (including phenoxy) is 1. The topological polar surface area (TPSA) is 79.7 Å². The number of nitrogens with one attached hydrogen (secondary N) is 1. The minimum Gasteiger partial charge on any atom is -0.365 e. The van der Waals surface area contributed by atoms with Crippen molar-refractivity contribution in [3.63, 3.8) is 0 Å². The van der Waals surface area contributed by atoms with E-state index in [9.17, 15) is 14.0 Å². The molecular formula is C20H26FN5O3. The van der Waals surface area contributed by atoms with E-state index < -0.39 is 6.10 Å². The van der Waals surface area contributed by atoms with Gasteiger partial charge in [0, 0.05) is 20.1 Å². The number of halogens is 1. The van der Waals surface area contributed by atoms with Crippen molar-refractivity contribution in [2.45, 2.75) is 19.6 Å². The van der Waals surface area contributed by atoms with Crippen molar-refractivity contribution >= 4 is 17.5 Å². The fourth-order valence-electron chi connectivity index (χ4n) is 3.16. The van der Waals surface area contributed by atoms with E-state index in [0.717, 1.165) is 11.3 Å². The third kappa shape index (κ3) is 5.39. The molecule has 2 aromatic rings. The summed E-state index contributed by atoms with van der Waals surface area (Å²) in [7, 11) is 3.63. The Bertz CT molecular complexity index is 868. The maximum Gasteiger partial charge on any atom is 0.255 e. The highest BCUT2D eigenvalue weighted by Crippen LogP contribution is 2.15. The van der Waals surface area contributed by atoms with Crippen molar-refractivity contribution in [2.24, 2.45) is 7.05 Å². The van der Waals surface area contributed by atoms with Gasteiger partial charge in [0.25, 0.3) is 5.91 Å². The molecule has 1 aliphatic rings. The van der Waals surface area contributed by atoms with E-state index >= 15 is 0 Å². The lowest BCUT2D eigenvalue weighted by Crippen LogP contribution is -2.52. The number of anilines is 1. The van der Waals surface area contributed by atoms with Crippen LogP contribution in [0.3, 0.4) is 0 Å². The SMILES string of the molecule is Cc1c(NC(=O)C2CN(C(=O)CN(C)Cc3ccc(F)cc3)CCO2)cnn1C. The molecule has 1 aromatic heterocycles. The molecule has 1 unspecified atom stereocenters. The van der Waals surface area contributed by atoms with Gasteiger partial charge in [0.1, 0.15) is 5.82 Å². The normalized spacial score (nSPS) is 16.9. The number of amides is 2. The third-order valence-corrected chi connectivity index (χ3v) is 4.98. The Hall–Kier alpha value is -2.78. The van der Waals surface area contributed by atoms with Crippen LogP contribution in [0.4, 0.5) is 10.1 Å². The van der Waals surface area contributed by atoms with E-state index in [-0.39, 0.29) is 30.7 Å². The van der Waals surface area contributed by atoms with E-state index in [2.05, 4.69) is 10.4 Å². The summed E-state index contributed by atoms with van der Waals surface area (Å²) in [6.07, 6.45) is 0.860. The lowest BCUT2D eigenvalue weighted by atomic mass is 10.2. The molecule has 29 heavy (non-hydrogen) atoms. The number of likely N-dealkylation sites (N-methyl/N-ethyl adjacent to an activating group) is 1. The van der Waals surface area contributed by atoms with Gasteiger partial charge in [-0.25, -0.2) is 4.39 Å². The number of aryl methyl sites for hydroxylation is 1. The largest absolute Gasteiger partial charge is 0.365 e. The Balaban J connectivity index is 1.52. The van der Waals surface area contributed by atoms with Gasteiger partial charge in [-0.1, -0.05) is 12.1 Å². The summed E-state index contributed by atoms with van der Waals surface area (Å²) in [5, 5.41) is 6.91. The van der Waals surface area contributed by atoms with Crippen molar-refractivity contribution in [3.05, 3.63) is 47.5 Å². The maximum atomic E-state index is 13.0. The van der Waals surface area contributed by atoms with Crippen molar-refractivity contribution in [2.75, 3.05) is 38.6 Å². The van der Waals surface area contributed by atoms with Crippen LogP contribution in [0.15, 0.2) is 30.5 Å². The monoisotopic (exact) mass is 403 g/mol. The predicted molar refractivity (Wildman–Crippen MR) is 106 cm³/mol. The number of hydrogen-bond acceptors (Lipinski definition) is 5. The van der Waals surface area contributed by atoms with Gasteiger partial charge in [-0.15, -0.1) is 0 Å². The molecule has 156 valence electrons. The summed E-state index contributed by atoms with van der Waals surface area (Å²) in [4.78, 5) is 28.7. The van der Waals surface area contributed by atoms with Crippen LogP contribution in [0, 0.1) is 12.7 Å². The van der Waals surface area contributed by atoms with Crippen molar-refractivity contribution in [1.82, 2.24) is 19.6 Å². The smallest absolute Gasteiger partial charge is 0.255 e. The first-order valence-corrected chi connectivity index (χ1v) is 9.45. The van der Waals surface area contributed by atoms with E-state index in [1.807, 2.05) is 18.9 Å². The number of morpholine rings is 1. The van der Waals surface area contributed by atoms with Gasteiger partial charge in [0.2, 0.25) is 5.91 Å². The molecule has 0 bridgehead atoms. The maximum absolute atomic E-state index is 13.0. The number of benzene rings is 1. The standard InChI is InChI=1S/C20H26FN5O3/c1-14-17(10-22-25(14)3)23-20(28)18-12-26(8-9-29-18)19(27)13-24(2)11-15-4-6-16(21)7-5-15/h4-7,10,18H,8-9,11-13H2,1-3H3,(H,23,28). The summed E-state index contributed by atoms with van der Waals surface area (Å²) >= 11 is 0. The Labute approximate surface area is 169 Å². The van der Waals surface area contributed by atoms with Gasteiger partial charge in [0.15, 0.2) is 6.10 Å². The zero-order valence-electron chi connectivity index (χ0n) is 16.9. The van der Waals surface area contributed by atoms with Crippen LogP contribution in [0.5, 0.6) is 0 Å². The van der Waals surface area contributed by atoms with Gasteiger partial charge in [0.05, 0.1) is 37.3 Å². The Morgan fingerprint density at radius 1 is 1.34 bits per heavy atom. The first-order valence-electron chi connectivity index (χ1n) is 9.45. The Morgan fingerprint density at radius 3 is 2.72 bits per heavy atom. The van der Waals surface area contributed by atoms with E-state index in [1.54, 1.807) is 35.0 Å². The quantitative estimate of drug-likeness (QED) is 0.783. The van der Waals surface area contributed by atoms with Gasteiger partial charge in [-0.3, -0.25) is 19.2 Å². The Kier molecular flexibility index (Phi) is 6.60. The molecule has 9 heteroatoms. The zero-order valence-corrected chi connectivity index (χ0v) is 16.9. The first-order chi connectivity index (χ1) is 13.8. The van der Waals surface area contributed by atoms with Crippen LogP contribution in [0.2, 0.25) is 0 Å². The average Bonchev–Trinajstić information content (AvgIpc) is 3.02. The molecule has 8 nitrogen and oxygen atoms in total. The minimum absolute atomic E-state index is 0.0757. The van der Waals surface area contributed by atoms with Crippen LogP contribution in [-0.2, 0) is 27.9 Å². The molecule has 1 aromatic carbocycles. The number of nitrogens with zero attached hydrogens (tertiary/aromatic N) is 4. The van der Waals surface area contributed by atoms with Crippen LogP contribution in [0.25, 0.3) is 0 Å². The van der Waals surface area contributed by atoms with Crippen molar-refractivity contribution in [3.8, 4) is 0 Å². The second-order valence-corrected chi connectivity index (χ2v) is 7.25. The predicted octanol–water partition coefficient (Wildman–Crippen LogP) is 1.17. The Morgan fingerprint density at radius 2 is 2.07 bits per heavy atom. The van der Waals surface area contributed by atoms with Crippen LogP contribution >= 0.6 is 0 Å². The highest BCUT2D eigenvalue weighted by Gasteiger charge is 2.30. The molecular weight excluding hydrogens is 377 g/mol. The summed E-state index contributed by atoms with van der Waals surface area (Å²) in [5.74, 6) is -0.655. The molecule has 1 atom stereocenters. The van der Waals surface area contributed by atoms with Crippen molar-refractivity contribution < 1.29 is 18.7 Å². The number of hydrogen-bond donors (Lipinski definition) is 1. The van der Waals surface area contributed by atoms with Crippen molar-refractivity contribution in [1.29, 1.82) is 0 Å². The number of aromatic nitrogens is 2. The molecule has 1 aliphatic heterocycles. The van der Waals surface area contributed by atoms with Gasteiger partial charge < -0.3 is 15.0 Å². The molecule has 2 heterocycles. The molecule has 1 saturated heterocycles. The second kappa shape index (κ2) is 9.15. The lowest BCUT2D eigenvalue weighted by molar-refractivity contribution is -0.145. The molecule has 3 rings (SSSR count). The van der Waals surface area contributed by atoms with E-state index in [0.29, 0.717) is 25.4 Å². The number of carbonyl (C=O) groups is 2. The van der Waals surface area contributed by atoms with Gasteiger partial charge in [-0.05, 0) is 31.7 Å². The molecule has 0 spiro atoms. The van der Waals surface area contributed by atoms with E-state index in [4.69, 9.17) is 4.74 Å². The highest BCUT2D eigenvalue weighted by atomic mass is 19.1. The molecule has 0 aliphatic carbocycles. The van der Waals surface area contributed by atoms with E-state index in [1.165, 1.54) is 12.1 Å². The molecule has 1 fully saturated rings. The molecule has 2 amide bonds. The minimum atomic E-state index is -0.727.